The van der Waals surface area contributed by atoms with Crippen LogP contribution in [0.4, 0.5) is 5.69 Å². The number of amides is 3. The first-order chi connectivity index (χ1) is 20.4. The summed E-state index contributed by atoms with van der Waals surface area (Å²) in [6.45, 7) is 15.1. The Morgan fingerprint density at radius 1 is 1.10 bits per heavy atom. The number of carbonyl (C=O) groups is 3. The van der Waals surface area contributed by atoms with E-state index in [2.05, 4.69) is 51.7 Å². The number of anilines is 1. The van der Waals surface area contributed by atoms with Crippen LogP contribution in [0.3, 0.4) is 0 Å². The normalized spacial score (nSPS) is 20.1. The van der Waals surface area contributed by atoms with Gasteiger partial charge in [-0.3, -0.25) is 19.3 Å². The second-order valence-electron chi connectivity index (χ2n) is 10.7. The van der Waals surface area contributed by atoms with Gasteiger partial charge in [0.05, 0.1) is 13.2 Å². The SMILES string of the molecule is CCN(CC)CCNC(=O)CCCc1ccc(NC[C@H]2SC([C@H](N)C(=O)NCCN3CCOCC3)N(CC)C2=O)cc1. The van der Waals surface area contributed by atoms with Gasteiger partial charge < -0.3 is 36.2 Å². The first-order valence-corrected chi connectivity index (χ1v) is 16.4. The molecule has 3 atom stereocenters. The number of nitrogens with one attached hydrogen (secondary N) is 3. The molecule has 236 valence electrons. The second kappa shape index (κ2) is 18.3. The second-order valence-corrected chi connectivity index (χ2v) is 12.0. The molecule has 0 spiro atoms. The maximum absolute atomic E-state index is 13.1. The summed E-state index contributed by atoms with van der Waals surface area (Å²) in [6, 6.07) is 7.33. The van der Waals surface area contributed by atoms with Gasteiger partial charge in [0, 0.05) is 64.5 Å². The van der Waals surface area contributed by atoms with Gasteiger partial charge in [-0.15, -0.1) is 11.8 Å². The molecular formula is C30H51N7O4S. The number of carbonyl (C=O) groups excluding carboxylic acids is 3. The number of hydrogen-bond donors (Lipinski definition) is 4. The highest BCUT2D eigenvalue weighted by Crippen LogP contribution is 2.33. The van der Waals surface area contributed by atoms with Crippen LogP contribution in [0.15, 0.2) is 24.3 Å². The topological polar surface area (TPSA) is 132 Å². The number of likely N-dealkylation sites (N-methyl/N-ethyl adjacent to an activating group) is 2. The van der Waals surface area contributed by atoms with E-state index in [9.17, 15) is 14.4 Å². The maximum Gasteiger partial charge on any atom is 0.240 e. The smallest absolute Gasteiger partial charge is 0.240 e. The minimum absolute atomic E-state index is 0.00330. The fraction of sp³-hybridized carbons (Fsp3) is 0.700. The minimum atomic E-state index is -0.794. The minimum Gasteiger partial charge on any atom is -0.383 e. The summed E-state index contributed by atoms with van der Waals surface area (Å²) in [5.74, 6) is -0.124. The number of rotatable bonds is 18. The molecular weight excluding hydrogens is 554 g/mol. The fourth-order valence-electron chi connectivity index (χ4n) is 5.20. The van der Waals surface area contributed by atoms with E-state index in [0.29, 0.717) is 32.6 Å². The molecule has 2 aliphatic rings. The van der Waals surface area contributed by atoms with Gasteiger partial charge in [0.25, 0.3) is 0 Å². The van der Waals surface area contributed by atoms with Gasteiger partial charge in [0.1, 0.15) is 16.7 Å². The van der Waals surface area contributed by atoms with Crippen molar-refractivity contribution in [2.45, 2.75) is 56.7 Å². The first kappa shape index (κ1) is 34.1. The number of hydrogen-bond acceptors (Lipinski definition) is 9. The molecule has 2 saturated heterocycles. The van der Waals surface area contributed by atoms with Gasteiger partial charge in [-0.25, -0.2) is 0 Å². The van der Waals surface area contributed by atoms with Gasteiger partial charge in [-0.05, 0) is 50.6 Å². The Morgan fingerprint density at radius 3 is 2.48 bits per heavy atom. The van der Waals surface area contributed by atoms with Crippen LogP contribution in [0, 0.1) is 0 Å². The Hall–Kier alpha value is -2.38. The highest BCUT2D eigenvalue weighted by molar-refractivity contribution is 8.01. The van der Waals surface area contributed by atoms with Crippen LogP contribution in [0.25, 0.3) is 0 Å². The monoisotopic (exact) mass is 605 g/mol. The molecule has 1 aromatic carbocycles. The van der Waals surface area contributed by atoms with Crippen LogP contribution < -0.4 is 21.7 Å². The molecule has 11 nitrogen and oxygen atoms in total. The van der Waals surface area contributed by atoms with E-state index < -0.39 is 11.4 Å². The maximum atomic E-state index is 13.1. The summed E-state index contributed by atoms with van der Waals surface area (Å²) in [5, 5.41) is 8.61. The molecule has 0 aromatic heterocycles. The third kappa shape index (κ3) is 10.7. The van der Waals surface area contributed by atoms with Crippen molar-refractivity contribution in [3.63, 3.8) is 0 Å². The lowest BCUT2D eigenvalue weighted by Crippen LogP contribution is -2.53. The van der Waals surface area contributed by atoms with Crippen LogP contribution in [0.5, 0.6) is 0 Å². The molecule has 5 N–H and O–H groups in total. The molecule has 0 radical (unpaired) electrons. The fourth-order valence-corrected chi connectivity index (χ4v) is 6.66. The van der Waals surface area contributed by atoms with Gasteiger partial charge in [0.2, 0.25) is 17.7 Å². The quantitative estimate of drug-likeness (QED) is 0.193. The number of thioether (sulfide) groups is 1. The van der Waals surface area contributed by atoms with Crippen molar-refractivity contribution in [3.8, 4) is 0 Å². The standard InChI is InChI=1S/C30H51N7O4S/c1-4-35(5-2)16-14-32-26(38)9-7-8-23-10-12-24(13-11-23)34-22-25-29(40)37(6-3)30(42-25)27(31)28(39)33-15-17-36-18-20-41-21-19-36/h10-13,25,27,30,34H,4-9,14-22,31H2,1-3H3,(H,32,38)(H,33,39)/t25-,27-,30?/m1/s1. The molecule has 42 heavy (non-hydrogen) atoms. The number of ether oxygens (including phenoxy) is 1. The molecule has 2 fully saturated rings. The van der Waals surface area contributed by atoms with Crippen LogP contribution in [-0.4, -0.2) is 128 Å². The first-order valence-electron chi connectivity index (χ1n) is 15.5. The van der Waals surface area contributed by atoms with E-state index in [1.54, 1.807) is 4.90 Å². The van der Waals surface area contributed by atoms with E-state index in [1.165, 1.54) is 17.3 Å². The Balaban J connectivity index is 1.37. The summed E-state index contributed by atoms with van der Waals surface area (Å²) in [4.78, 5) is 44.3. The number of aryl methyl sites for hydroxylation is 1. The number of nitrogens with two attached hydrogens (primary N) is 1. The summed E-state index contributed by atoms with van der Waals surface area (Å²) >= 11 is 1.46. The van der Waals surface area contributed by atoms with E-state index in [0.717, 1.165) is 71.0 Å². The average Bonchev–Trinajstić information content (AvgIpc) is 3.33. The third-order valence-corrected chi connectivity index (χ3v) is 9.43. The molecule has 3 amide bonds. The van der Waals surface area contributed by atoms with Crippen molar-refractivity contribution in [1.29, 1.82) is 0 Å². The molecule has 0 aliphatic carbocycles. The van der Waals surface area contributed by atoms with Crippen molar-refractivity contribution in [2.24, 2.45) is 5.73 Å². The number of morpholine rings is 1. The van der Waals surface area contributed by atoms with Crippen molar-refractivity contribution >= 4 is 35.2 Å². The van der Waals surface area contributed by atoms with E-state index in [-0.39, 0.29) is 23.0 Å². The highest BCUT2D eigenvalue weighted by Gasteiger charge is 2.44. The Morgan fingerprint density at radius 2 is 1.81 bits per heavy atom. The van der Waals surface area contributed by atoms with E-state index >= 15 is 0 Å². The summed E-state index contributed by atoms with van der Waals surface area (Å²) in [6.07, 6.45) is 2.15. The van der Waals surface area contributed by atoms with Crippen molar-refractivity contribution < 1.29 is 19.1 Å². The lowest BCUT2D eigenvalue weighted by atomic mass is 10.1. The van der Waals surface area contributed by atoms with Gasteiger partial charge >= 0.3 is 0 Å². The van der Waals surface area contributed by atoms with Gasteiger partial charge in [0.15, 0.2) is 0 Å². The zero-order valence-corrected chi connectivity index (χ0v) is 26.4. The molecule has 2 heterocycles. The zero-order chi connectivity index (χ0) is 30.3. The van der Waals surface area contributed by atoms with Crippen molar-refractivity contribution in [1.82, 2.24) is 25.3 Å². The van der Waals surface area contributed by atoms with Crippen LogP contribution in [-0.2, 0) is 25.5 Å². The Bertz CT molecular complexity index is 973. The van der Waals surface area contributed by atoms with Crippen molar-refractivity contribution in [2.75, 3.05) is 84.0 Å². The van der Waals surface area contributed by atoms with Crippen LogP contribution >= 0.6 is 11.8 Å². The van der Waals surface area contributed by atoms with Crippen LogP contribution in [0.2, 0.25) is 0 Å². The molecule has 0 bridgehead atoms. The zero-order valence-electron chi connectivity index (χ0n) is 25.6. The summed E-state index contributed by atoms with van der Waals surface area (Å²) in [5.41, 5.74) is 8.45. The molecule has 2 aliphatic heterocycles. The Kier molecular flexibility index (Phi) is 14.9. The Labute approximate surface area is 255 Å². The van der Waals surface area contributed by atoms with Gasteiger partial charge in [-0.2, -0.15) is 0 Å². The van der Waals surface area contributed by atoms with E-state index in [4.69, 9.17) is 10.5 Å². The van der Waals surface area contributed by atoms with Crippen molar-refractivity contribution in [3.05, 3.63) is 29.8 Å². The van der Waals surface area contributed by atoms with E-state index in [1.807, 2.05) is 19.1 Å². The molecule has 1 unspecified atom stereocenters. The number of nitrogens with zero attached hydrogens (tertiary/aromatic N) is 3. The average molecular weight is 606 g/mol. The molecule has 3 rings (SSSR count). The lowest BCUT2D eigenvalue weighted by Gasteiger charge is -2.28. The molecule has 0 saturated carbocycles. The van der Waals surface area contributed by atoms with Crippen LogP contribution in [0.1, 0.15) is 39.2 Å². The molecule has 12 heteroatoms. The highest BCUT2D eigenvalue weighted by atomic mass is 32.2. The molecule has 1 aromatic rings. The predicted octanol–water partition coefficient (Wildman–Crippen LogP) is 0.945. The number of benzene rings is 1. The largest absolute Gasteiger partial charge is 0.383 e. The summed E-state index contributed by atoms with van der Waals surface area (Å²) in [7, 11) is 0. The summed E-state index contributed by atoms with van der Waals surface area (Å²) < 4.78 is 5.36. The van der Waals surface area contributed by atoms with Gasteiger partial charge in [-0.1, -0.05) is 26.0 Å². The lowest BCUT2D eigenvalue weighted by molar-refractivity contribution is -0.131. The third-order valence-electron chi connectivity index (χ3n) is 7.91. The predicted molar refractivity (Wildman–Crippen MR) is 169 cm³/mol.